The number of rotatable bonds is 4. The second-order valence-electron chi connectivity index (χ2n) is 6.77. The van der Waals surface area contributed by atoms with Crippen molar-refractivity contribution < 1.29 is 4.52 Å². The smallest absolute Gasteiger partial charge is 0.257 e. The van der Waals surface area contributed by atoms with E-state index >= 15 is 0 Å². The van der Waals surface area contributed by atoms with Crippen molar-refractivity contribution >= 4 is 0 Å². The summed E-state index contributed by atoms with van der Waals surface area (Å²) >= 11 is 0. The Morgan fingerprint density at radius 2 is 1.70 bits per heavy atom. The number of aromatic nitrogens is 4. The third kappa shape index (κ3) is 2.84. The highest BCUT2D eigenvalue weighted by Crippen LogP contribution is 2.32. The third-order valence-corrected chi connectivity index (χ3v) is 5.07. The summed E-state index contributed by atoms with van der Waals surface area (Å²) in [5.74, 6) is 1.27. The molecule has 0 aliphatic carbocycles. The molecule has 2 aromatic heterocycles. The number of para-hydroxylation sites is 1. The molecular formula is C21H19N5O. The van der Waals surface area contributed by atoms with Crippen molar-refractivity contribution in [3.05, 3.63) is 83.9 Å². The molecule has 5 rings (SSSR count). The first-order valence-corrected chi connectivity index (χ1v) is 9.04. The highest BCUT2D eigenvalue weighted by atomic mass is 16.5. The molecule has 27 heavy (non-hydrogen) atoms. The SMILES string of the molecule is CC(c1noc(-c2ccccc2)n1)N1Cc2cnn(-c3ccccc3)c2C1. The van der Waals surface area contributed by atoms with Crippen LogP contribution in [0.25, 0.3) is 17.1 Å². The molecule has 0 fully saturated rings. The van der Waals surface area contributed by atoms with E-state index in [1.54, 1.807) is 0 Å². The molecule has 4 aromatic rings. The van der Waals surface area contributed by atoms with Crippen LogP contribution >= 0.6 is 0 Å². The third-order valence-electron chi connectivity index (χ3n) is 5.07. The Hall–Kier alpha value is -3.25. The Kier molecular flexibility index (Phi) is 3.83. The van der Waals surface area contributed by atoms with Gasteiger partial charge in [0, 0.05) is 24.2 Å². The van der Waals surface area contributed by atoms with Crippen molar-refractivity contribution in [3.63, 3.8) is 0 Å². The van der Waals surface area contributed by atoms with Gasteiger partial charge in [-0.05, 0) is 31.2 Å². The number of fused-ring (bicyclic) bond motifs is 1. The zero-order valence-corrected chi connectivity index (χ0v) is 15.0. The van der Waals surface area contributed by atoms with E-state index in [4.69, 9.17) is 4.52 Å². The molecule has 2 aromatic carbocycles. The Balaban J connectivity index is 1.37. The Morgan fingerprint density at radius 3 is 2.48 bits per heavy atom. The maximum absolute atomic E-state index is 5.48. The first-order valence-electron chi connectivity index (χ1n) is 9.04. The maximum atomic E-state index is 5.48. The van der Waals surface area contributed by atoms with E-state index < -0.39 is 0 Å². The van der Waals surface area contributed by atoms with Gasteiger partial charge in [0.25, 0.3) is 5.89 Å². The number of benzene rings is 2. The van der Waals surface area contributed by atoms with Gasteiger partial charge in [-0.1, -0.05) is 41.6 Å². The minimum atomic E-state index is 0.0582. The zero-order chi connectivity index (χ0) is 18.2. The fraction of sp³-hybridized carbons (Fsp3) is 0.190. The van der Waals surface area contributed by atoms with E-state index in [2.05, 4.69) is 39.2 Å². The quantitative estimate of drug-likeness (QED) is 0.552. The molecule has 0 saturated carbocycles. The fourth-order valence-corrected chi connectivity index (χ4v) is 3.51. The summed E-state index contributed by atoms with van der Waals surface area (Å²) in [7, 11) is 0. The predicted octanol–water partition coefficient (Wildman–Crippen LogP) is 4.00. The molecule has 6 heteroatoms. The molecule has 134 valence electrons. The van der Waals surface area contributed by atoms with Gasteiger partial charge < -0.3 is 4.52 Å². The molecule has 1 unspecified atom stereocenters. The Morgan fingerprint density at radius 1 is 0.963 bits per heavy atom. The minimum absolute atomic E-state index is 0.0582. The summed E-state index contributed by atoms with van der Waals surface area (Å²) in [6, 6.07) is 20.1. The molecule has 0 spiro atoms. The van der Waals surface area contributed by atoms with Crippen LogP contribution in [-0.4, -0.2) is 24.8 Å². The van der Waals surface area contributed by atoms with E-state index in [9.17, 15) is 0 Å². The molecule has 1 atom stereocenters. The zero-order valence-electron chi connectivity index (χ0n) is 15.0. The summed E-state index contributed by atoms with van der Waals surface area (Å²) in [6.07, 6.45) is 1.96. The van der Waals surface area contributed by atoms with Crippen molar-refractivity contribution in [2.45, 2.75) is 26.1 Å². The normalized spacial score (nSPS) is 15.0. The van der Waals surface area contributed by atoms with E-state index in [0.29, 0.717) is 11.7 Å². The van der Waals surface area contributed by atoms with Gasteiger partial charge in [-0.15, -0.1) is 0 Å². The molecule has 0 radical (unpaired) electrons. The average molecular weight is 357 g/mol. The van der Waals surface area contributed by atoms with E-state index in [0.717, 1.165) is 24.3 Å². The monoisotopic (exact) mass is 357 g/mol. The van der Waals surface area contributed by atoms with Crippen molar-refractivity contribution in [2.75, 3.05) is 0 Å². The summed E-state index contributed by atoms with van der Waals surface area (Å²) in [4.78, 5) is 6.95. The van der Waals surface area contributed by atoms with Gasteiger partial charge in [0.1, 0.15) is 0 Å². The number of hydrogen-bond acceptors (Lipinski definition) is 5. The van der Waals surface area contributed by atoms with Gasteiger partial charge in [0.2, 0.25) is 0 Å². The molecule has 0 saturated heterocycles. The van der Waals surface area contributed by atoms with Crippen LogP contribution in [0.4, 0.5) is 0 Å². The maximum Gasteiger partial charge on any atom is 0.257 e. The van der Waals surface area contributed by atoms with Crippen molar-refractivity contribution in [1.82, 2.24) is 24.8 Å². The second kappa shape index (κ2) is 6.48. The van der Waals surface area contributed by atoms with Crippen LogP contribution in [0, 0.1) is 0 Å². The van der Waals surface area contributed by atoms with Crippen LogP contribution in [0.15, 0.2) is 71.4 Å². The first kappa shape index (κ1) is 16.0. The first-order chi connectivity index (χ1) is 13.3. The van der Waals surface area contributed by atoms with E-state index in [1.807, 2.05) is 59.4 Å². The summed E-state index contributed by atoms with van der Waals surface area (Å²) in [6.45, 7) is 3.75. The lowest BCUT2D eigenvalue weighted by atomic mass is 10.2. The van der Waals surface area contributed by atoms with Crippen LogP contribution in [0.2, 0.25) is 0 Å². The lowest BCUT2D eigenvalue weighted by Gasteiger charge is -2.21. The molecule has 1 aliphatic rings. The van der Waals surface area contributed by atoms with Crippen LogP contribution in [-0.2, 0) is 13.1 Å². The van der Waals surface area contributed by atoms with Gasteiger partial charge in [-0.25, -0.2) is 4.68 Å². The molecule has 0 amide bonds. The average Bonchev–Trinajstić information content (AvgIpc) is 3.44. The Bertz CT molecular complexity index is 1050. The van der Waals surface area contributed by atoms with Crippen molar-refractivity contribution in [3.8, 4) is 17.1 Å². The Labute approximate surface area is 157 Å². The highest BCUT2D eigenvalue weighted by molar-refractivity contribution is 5.52. The fourth-order valence-electron chi connectivity index (χ4n) is 3.51. The lowest BCUT2D eigenvalue weighted by Crippen LogP contribution is -2.22. The second-order valence-corrected chi connectivity index (χ2v) is 6.77. The van der Waals surface area contributed by atoms with Crippen LogP contribution in [0.3, 0.4) is 0 Å². The van der Waals surface area contributed by atoms with Gasteiger partial charge in [0.05, 0.1) is 23.6 Å². The number of hydrogen-bond donors (Lipinski definition) is 0. The molecule has 6 nitrogen and oxygen atoms in total. The standard InChI is InChI=1S/C21H19N5O/c1-15(20-23-21(27-24-20)16-8-4-2-5-9-16)25-13-17-12-22-26(19(17)14-25)18-10-6-3-7-11-18/h2-12,15H,13-14H2,1H3. The lowest BCUT2D eigenvalue weighted by molar-refractivity contribution is 0.199. The highest BCUT2D eigenvalue weighted by Gasteiger charge is 2.30. The predicted molar refractivity (Wildman–Crippen MR) is 101 cm³/mol. The largest absolute Gasteiger partial charge is 0.334 e. The molecule has 1 aliphatic heterocycles. The number of nitrogens with zero attached hydrogens (tertiary/aromatic N) is 5. The molecule has 3 heterocycles. The van der Waals surface area contributed by atoms with Crippen molar-refractivity contribution in [1.29, 1.82) is 0 Å². The van der Waals surface area contributed by atoms with Crippen LogP contribution in [0.5, 0.6) is 0 Å². The van der Waals surface area contributed by atoms with Gasteiger partial charge in [0.15, 0.2) is 5.82 Å². The molecule has 0 bridgehead atoms. The van der Waals surface area contributed by atoms with E-state index in [1.165, 1.54) is 11.3 Å². The van der Waals surface area contributed by atoms with Crippen molar-refractivity contribution in [2.24, 2.45) is 0 Å². The summed E-state index contributed by atoms with van der Waals surface area (Å²) in [5.41, 5.74) is 4.49. The van der Waals surface area contributed by atoms with Gasteiger partial charge >= 0.3 is 0 Å². The summed E-state index contributed by atoms with van der Waals surface area (Å²) < 4.78 is 7.50. The summed E-state index contributed by atoms with van der Waals surface area (Å²) in [5, 5.41) is 8.77. The molecule has 0 N–H and O–H groups in total. The van der Waals surface area contributed by atoms with Gasteiger partial charge in [-0.2, -0.15) is 10.1 Å². The van der Waals surface area contributed by atoms with Crippen LogP contribution < -0.4 is 0 Å². The minimum Gasteiger partial charge on any atom is -0.334 e. The topological polar surface area (TPSA) is 60.0 Å². The molecular weight excluding hydrogens is 338 g/mol. The van der Waals surface area contributed by atoms with E-state index in [-0.39, 0.29) is 6.04 Å². The van der Waals surface area contributed by atoms with Crippen LogP contribution in [0.1, 0.15) is 30.0 Å². The van der Waals surface area contributed by atoms with Gasteiger partial charge in [-0.3, -0.25) is 4.90 Å².